The molecule has 0 amide bonds. The van der Waals surface area contributed by atoms with Crippen LogP contribution in [0.2, 0.25) is 0 Å². The fourth-order valence-corrected chi connectivity index (χ4v) is 4.91. The minimum atomic E-state index is -3.11. The van der Waals surface area contributed by atoms with Gasteiger partial charge in [0.15, 0.2) is 27.1 Å². The fraction of sp³-hybridized carbons (Fsp3) is 0.368. The van der Waals surface area contributed by atoms with Gasteiger partial charge in [0.1, 0.15) is 11.5 Å². The monoisotopic (exact) mass is 405 g/mol. The zero-order valence-electron chi connectivity index (χ0n) is 15.1. The molecule has 1 saturated heterocycles. The van der Waals surface area contributed by atoms with Crippen molar-refractivity contribution >= 4 is 15.6 Å². The van der Waals surface area contributed by atoms with Gasteiger partial charge in [-0.1, -0.05) is 6.07 Å². The first kappa shape index (κ1) is 18.5. The number of aryl methyl sites for hydroxylation is 1. The Balaban J connectivity index is 1.65. The van der Waals surface area contributed by atoms with Crippen LogP contribution in [-0.4, -0.2) is 46.7 Å². The van der Waals surface area contributed by atoms with Gasteiger partial charge in [0.25, 0.3) is 5.79 Å². The lowest BCUT2D eigenvalue weighted by Gasteiger charge is -2.31. The Labute approximate surface area is 161 Å². The number of ketones is 1. The van der Waals surface area contributed by atoms with Gasteiger partial charge in [-0.15, -0.1) is 0 Å². The molecule has 1 spiro atoms. The van der Waals surface area contributed by atoms with Crippen LogP contribution in [0.3, 0.4) is 0 Å². The number of fused-ring (bicyclic) bond motifs is 1. The maximum atomic E-state index is 12.9. The molecule has 8 nitrogen and oxygen atoms in total. The predicted molar refractivity (Wildman–Crippen MR) is 98.7 cm³/mol. The molecule has 2 N–H and O–H groups in total. The first-order valence-electron chi connectivity index (χ1n) is 8.80. The predicted octanol–water partition coefficient (Wildman–Crippen LogP) is 1.90. The van der Waals surface area contributed by atoms with E-state index < -0.39 is 15.6 Å². The van der Waals surface area contributed by atoms with Gasteiger partial charge < -0.3 is 19.7 Å². The fourth-order valence-electron chi connectivity index (χ4n) is 3.46. The van der Waals surface area contributed by atoms with Gasteiger partial charge >= 0.3 is 0 Å². The van der Waals surface area contributed by atoms with E-state index in [9.17, 15) is 23.4 Å². The Morgan fingerprint density at radius 2 is 1.71 bits per heavy atom. The molecular weight excluding hydrogens is 386 g/mol. The number of hydrogen-bond acceptors (Lipinski definition) is 8. The smallest absolute Gasteiger partial charge is 0.253 e. The molecule has 2 aliphatic rings. The average molecular weight is 405 g/mol. The van der Waals surface area contributed by atoms with Gasteiger partial charge in [-0.2, -0.15) is 0 Å². The Kier molecular flexibility index (Phi) is 4.22. The van der Waals surface area contributed by atoms with E-state index in [-0.39, 0.29) is 64.9 Å². The third-order valence-corrected chi connectivity index (χ3v) is 6.78. The van der Waals surface area contributed by atoms with E-state index in [4.69, 9.17) is 9.47 Å². The molecule has 0 aliphatic carbocycles. The molecule has 0 saturated carbocycles. The summed E-state index contributed by atoms with van der Waals surface area (Å²) in [4.78, 5) is 16.5. The summed E-state index contributed by atoms with van der Waals surface area (Å²) in [5, 5.41) is 19.8. The van der Waals surface area contributed by atoms with Crippen LogP contribution in [0.25, 0.3) is 0 Å². The van der Waals surface area contributed by atoms with Crippen LogP contribution in [0.5, 0.6) is 23.0 Å². The number of nitrogens with zero attached hydrogens (tertiary/aromatic N) is 1. The maximum absolute atomic E-state index is 12.9. The van der Waals surface area contributed by atoms with Crippen molar-refractivity contribution < 1.29 is 32.9 Å². The Morgan fingerprint density at radius 1 is 1.11 bits per heavy atom. The summed E-state index contributed by atoms with van der Waals surface area (Å²) in [5.74, 6) is -1.39. The van der Waals surface area contributed by atoms with Crippen molar-refractivity contribution in [2.45, 2.75) is 32.0 Å². The lowest BCUT2D eigenvalue weighted by Crippen LogP contribution is -2.46. The van der Waals surface area contributed by atoms with Crippen LogP contribution >= 0.6 is 0 Å². The minimum absolute atomic E-state index is 0.0396. The van der Waals surface area contributed by atoms with Crippen LogP contribution in [0.4, 0.5) is 0 Å². The number of rotatable bonds is 3. The van der Waals surface area contributed by atoms with E-state index in [0.717, 1.165) is 18.0 Å². The Hall–Kier alpha value is -2.81. The Morgan fingerprint density at radius 3 is 2.36 bits per heavy atom. The lowest BCUT2D eigenvalue weighted by molar-refractivity contribution is -0.0859. The van der Waals surface area contributed by atoms with Crippen LogP contribution in [0.15, 0.2) is 24.5 Å². The number of sulfone groups is 1. The highest BCUT2D eigenvalue weighted by atomic mass is 32.2. The molecule has 2 aromatic rings. The normalized spacial score (nSPS) is 18.9. The molecule has 0 radical (unpaired) electrons. The molecule has 0 bridgehead atoms. The largest absolute Gasteiger partial charge is 0.506 e. The molecule has 2 aliphatic heterocycles. The highest BCUT2D eigenvalue weighted by Crippen LogP contribution is 2.48. The summed E-state index contributed by atoms with van der Waals surface area (Å²) in [6.45, 7) is 1.82. The third-order valence-electron chi connectivity index (χ3n) is 5.12. The van der Waals surface area contributed by atoms with Gasteiger partial charge in [-0.05, 0) is 18.6 Å². The van der Waals surface area contributed by atoms with Crippen molar-refractivity contribution in [3.8, 4) is 23.0 Å². The van der Waals surface area contributed by atoms with Crippen LogP contribution < -0.4 is 9.47 Å². The standard InChI is InChI=1S/C19H19NO7S/c1-11-2-3-12(14(21)8-13-15(22)9-20-10-16(13)23)18-17(11)26-19(27-18)4-6-28(24,25)7-5-19/h2-3,9-10,22-23H,4-8H2,1H3. The van der Waals surface area contributed by atoms with E-state index in [1.807, 2.05) is 6.92 Å². The quantitative estimate of drug-likeness (QED) is 0.743. The number of pyridine rings is 1. The van der Waals surface area contributed by atoms with Crippen molar-refractivity contribution in [2.24, 2.45) is 0 Å². The number of Topliss-reactive ketones (excluding diaryl/α,β-unsaturated/α-hetero) is 1. The third kappa shape index (κ3) is 3.15. The summed E-state index contributed by atoms with van der Waals surface area (Å²) in [6, 6.07) is 3.33. The molecule has 9 heteroatoms. The average Bonchev–Trinajstić information content (AvgIpc) is 3.02. The van der Waals surface area contributed by atoms with Crippen molar-refractivity contribution in [2.75, 3.05) is 11.5 Å². The zero-order valence-corrected chi connectivity index (χ0v) is 16.0. The SMILES string of the molecule is Cc1ccc(C(=O)Cc2c(O)cncc2O)c2c1OC1(CCS(=O)(=O)CC1)O2. The molecule has 4 rings (SSSR count). The molecule has 1 aromatic heterocycles. The molecule has 3 heterocycles. The number of carbonyl (C=O) groups is 1. The van der Waals surface area contributed by atoms with Crippen LogP contribution in [0, 0.1) is 6.92 Å². The highest BCUT2D eigenvalue weighted by molar-refractivity contribution is 7.91. The van der Waals surface area contributed by atoms with Gasteiger partial charge in [0.2, 0.25) is 0 Å². The molecule has 0 unspecified atom stereocenters. The number of hydrogen-bond donors (Lipinski definition) is 2. The van der Waals surface area contributed by atoms with Crippen LogP contribution in [0.1, 0.15) is 34.3 Å². The van der Waals surface area contributed by atoms with E-state index in [0.29, 0.717) is 5.75 Å². The Bertz CT molecular complexity index is 1040. The number of aromatic nitrogens is 1. The molecule has 28 heavy (non-hydrogen) atoms. The summed E-state index contributed by atoms with van der Waals surface area (Å²) in [6.07, 6.45) is 2.42. The van der Waals surface area contributed by atoms with E-state index >= 15 is 0 Å². The van der Waals surface area contributed by atoms with Crippen molar-refractivity contribution in [3.05, 3.63) is 41.2 Å². The van der Waals surface area contributed by atoms with Gasteiger partial charge in [0.05, 0.1) is 29.5 Å². The van der Waals surface area contributed by atoms with Gasteiger partial charge in [0, 0.05) is 24.8 Å². The summed E-state index contributed by atoms with van der Waals surface area (Å²) in [5.41, 5.74) is 1.10. The van der Waals surface area contributed by atoms with E-state index in [1.54, 1.807) is 12.1 Å². The summed E-state index contributed by atoms with van der Waals surface area (Å²) < 4.78 is 35.5. The summed E-state index contributed by atoms with van der Waals surface area (Å²) >= 11 is 0. The first-order chi connectivity index (χ1) is 13.2. The molecule has 1 aromatic carbocycles. The summed E-state index contributed by atoms with van der Waals surface area (Å²) in [7, 11) is -3.11. The molecular formula is C19H19NO7S. The number of aromatic hydroxyl groups is 2. The van der Waals surface area contributed by atoms with Crippen LogP contribution in [-0.2, 0) is 16.3 Å². The zero-order chi connectivity index (χ0) is 20.1. The second kappa shape index (κ2) is 6.37. The van der Waals surface area contributed by atoms with Gasteiger partial charge in [-0.3, -0.25) is 9.78 Å². The first-order valence-corrected chi connectivity index (χ1v) is 10.6. The molecule has 148 valence electrons. The van der Waals surface area contributed by atoms with Crippen molar-refractivity contribution in [3.63, 3.8) is 0 Å². The second-order valence-electron chi connectivity index (χ2n) is 7.11. The van der Waals surface area contributed by atoms with Crippen molar-refractivity contribution in [1.82, 2.24) is 4.98 Å². The van der Waals surface area contributed by atoms with Crippen molar-refractivity contribution in [1.29, 1.82) is 0 Å². The number of carbonyl (C=O) groups excluding carboxylic acids is 1. The van der Waals surface area contributed by atoms with Gasteiger partial charge in [-0.25, -0.2) is 8.42 Å². The van der Waals surface area contributed by atoms with E-state index in [1.165, 1.54) is 0 Å². The number of ether oxygens (including phenoxy) is 2. The second-order valence-corrected chi connectivity index (χ2v) is 9.41. The molecule has 0 atom stereocenters. The maximum Gasteiger partial charge on any atom is 0.253 e. The lowest BCUT2D eigenvalue weighted by atomic mass is 10.00. The molecule has 1 fully saturated rings. The topological polar surface area (TPSA) is 123 Å². The highest BCUT2D eigenvalue weighted by Gasteiger charge is 2.47. The van der Waals surface area contributed by atoms with E-state index in [2.05, 4.69) is 4.98 Å². The number of benzene rings is 1. The minimum Gasteiger partial charge on any atom is -0.506 e.